The Kier molecular flexibility index (Phi) is 4.44. The Bertz CT molecular complexity index is 526. The number of nitrogens with zero attached hydrogens (tertiary/aromatic N) is 2. The average molecular weight is 257 g/mol. The van der Waals surface area contributed by atoms with E-state index in [1.807, 2.05) is 31.2 Å². The first-order valence-electron chi connectivity index (χ1n) is 5.95. The molecule has 0 fully saturated rings. The number of nitrogens with one attached hydrogen (secondary N) is 1. The van der Waals surface area contributed by atoms with Crippen molar-refractivity contribution in [3.8, 4) is 5.75 Å². The maximum atomic E-state index is 11.6. The molecule has 0 aliphatic heterocycles. The van der Waals surface area contributed by atoms with E-state index in [-0.39, 0.29) is 12.5 Å². The van der Waals surface area contributed by atoms with E-state index in [9.17, 15) is 4.79 Å². The Morgan fingerprint density at radius 3 is 2.74 bits per heavy atom. The molecule has 1 heterocycles. The van der Waals surface area contributed by atoms with E-state index in [1.165, 1.54) is 0 Å². The summed E-state index contributed by atoms with van der Waals surface area (Å²) in [6.07, 6.45) is 4.79. The van der Waals surface area contributed by atoms with Crippen molar-refractivity contribution in [3.63, 3.8) is 0 Å². The third-order valence-electron chi connectivity index (χ3n) is 2.47. The maximum absolute atomic E-state index is 11.6. The predicted molar refractivity (Wildman–Crippen MR) is 70.6 cm³/mol. The van der Waals surface area contributed by atoms with Gasteiger partial charge in [-0.15, -0.1) is 0 Å². The first-order valence-corrected chi connectivity index (χ1v) is 5.95. The first-order chi connectivity index (χ1) is 9.24. The normalized spacial score (nSPS) is 9.95. The molecule has 19 heavy (non-hydrogen) atoms. The van der Waals surface area contributed by atoms with Gasteiger partial charge in [0.1, 0.15) is 5.75 Å². The van der Waals surface area contributed by atoms with E-state index in [2.05, 4.69) is 15.3 Å². The van der Waals surface area contributed by atoms with Gasteiger partial charge in [0, 0.05) is 12.4 Å². The lowest BCUT2D eigenvalue weighted by Gasteiger charge is -2.07. The highest BCUT2D eigenvalue weighted by Crippen LogP contribution is 2.10. The number of aryl methyl sites for hydroxylation is 1. The third-order valence-corrected chi connectivity index (χ3v) is 2.47. The topological polar surface area (TPSA) is 64.1 Å². The highest BCUT2D eigenvalue weighted by atomic mass is 16.5. The highest BCUT2D eigenvalue weighted by Gasteiger charge is 2.03. The van der Waals surface area contributed by atoms with Crippen molar-refractivity contribution in [2.45, 2.75) is 13.5 Å². The highest BCUT2D eigenvalue weighted by molar-refractivity contribution is 5.77. The van der Waals surface area contributed by atoms with Gasteiger partial charge < -0.3 is 10.1 Å². The summed E-state index contributed by atoms with van der Waals surface area (Å²) in [7, 11) is 0. The van der Waals surface area contributed by atoms with Gasteiger partial charge in [0.15, 0.2) is 6.61 Å². The molecule has 5 heteroatoms. The molecule has 0 atom stereocenters. The van der Waals surface area contributed by atoms with Crippen LogP contribution in [-0.2, 0) is 11.3 Å². The van der Waals surface area contributed by atoms with E-state index >= 15 is 0 Å². The monoisotopic (exact) mass is 257 g/mol. The van der Waals surface area contributed by atoms with Crippen molar-refractivity contribution in [2.75, 3.05) is 6.61 Å². The minimum atomic E-state index is -0.189. The summed E-state index contributed by atoms with van der Waals surface area (Å²) < 4.78 is 5.36. The Hall–Kier alpha value is -2.43. The Morgan fingerprint density at radius 2 is 2.05 bits per heavy atom. The van der Waals surface area contributed by atoms with Crippen molar-refractivity contribution in [1.82, 2.24) is 15.3 Å². The number of ether oxygens (including phenoxy) is 1. The second-order valence-corrected chi connectivity index (χ2v) is 4.08. The molecule has 0 unspecified atom stereocenters. The minimum absolute atomic E-state index is 0.0106. The largest absolute Gasteiger partial charge is 0.484 e. The molecule has 1 aromatic carbocycles. The van der Waals surface area contributed by atoms with Crippen LogP contribution >= 0.6 is 0 Å². The van der Waals surface area contributed by atoms with Crippen molar-refractivity contribution >= 4 is 5.91 Å². The molecule has 0 aliphatic rings. The molecule has 1 N–H and O–H groups in total. The zero-order chi connectivity index (χ0) is 13.5. The molecule has 2 aromatic rings. The summed E-state index contributed by atoms with van der Waals surface area (Å²) in [6.45, 7) is 2.34. The van der Waals surface area contributed by atoms with Gasteiger partial charge in [-0.25, -0.2) is 0 Å². The van der Waals surface area contributed by atoms with Gasteiger partial charge in [0.05, 0.1) is 18.4 Å². The van der Waals surface area contributed by atoms with Crippen LogP contribution in [-0.4, -0.2) is 22.5 Å². The summed E-state index contributed by atoms with van der Waals surface area (Å²) in [5, 5.41) is 2.71. The number of carbonyl (C=O) groups is 1. The minimum Gasteiger partial charge on any atom is -0.484 e. The molecule has 0 spiro atoms. The predicted octanol–water partition coefficient (Wildman–Crippen LogP) is 1.48. The van der Waals surface area contributed by atoms with E-state index < -0.39 is 0 Å². The number of rotatable bonds is 5. The standard InChI is InChI=1S/C14H15N3O2/c1-11-2-4-13(5-3-11)19-10-14(18)17-9-12-8-15-6-7-16-12/h2-8H,9-10H2,1H3,(H,17,18). The van der Waals surface area contributed by atoms with E-state index in [1.54, 1.807) is 18.6 Å². The van der Waals surface area contributed by atoms with Crippen LogP contribution in [0.2, 0.25) is 0 Å². The fraction of sp³-hybridized carbons (Fsp3) is 0.214. The van der Waals surface area contributed by atoms with Gasteiger partial charge in [0.2, 0.25) is 0 Å². The van der Waals surface area contributed by atoms with Crippen molar-refractivity contribution in [1.29, 1.82) is 0 Å². The van der Waals surface area contributed by atoms with Gasteiger partial charge in [-0.05, 0) is 19.1 Å². The fourth-order valence-electron chi connectivity index (χ4n) is 1.44. The molecule has 0 saturated carbocycles. The summed E-state index contributed by atoms with van der Waals surface area (Å²) in [6, 6.07) is 7.55. The quantitative estimate of drug-likeness (QED) is 0.881. The molecule has 0 saturated heterocycles. The smallest absolute Gasteiger partial charge is 0.258 e. The van der Waals surface area contributed by atoms with Crippen LogP contribution in [0.5, 0.6) is 5.75 Å². The van der Waals surface area contributed by atoms with Crippen molar-refractivity contribution in [2.24, 2.45) is 0 Å². The summed E-state index contributed by atoms with van der Waals surface area (Å²) in [4.78, 5) is 19.6. The number of carbonyl (C=O) groups excluding carboxylic acids is 1. The fourth-order valence-corrected chi connectivity index (χ4v) is 1.44. The van der Waals surface area contributed by atoms with Gasteiger partial charge in [0.25, 0.3) is 5.91 Å². The molecule has 2 rings (SSSR count). The molecule has 1 aromatic heterocycles. The van der Waals surface area contributed by atoms with Crippen LogP contribution in [0.25, 0.3) is 0 Å². The number of aromatic nitrogens is 2. The first kappa shape index (κ1) is 13.0. The van der Waals surface area contributed by atoms with Crippen LogP contribution < -0.4 is 10.1 Å². The molecular formula is C14H15N3O2. The summed E-state index contributed by atoms with van der Waals surface area (Å²) in [5.41, 5.74) is 1.87. The van der Waals surface area contributed by atoms with Crippen molar-refractivity contribution < 1.29 is 9.53 Å². The molecular weight excluding hydrogens is 242 g/mol. The Balaban J connectivity index is 1.74. The molecule has 0 bridgehead atoms. The number of hydrogen-bond acceptors (Lipinski definition) is 4. The molecule has 98 valence electrons. The zero-order valence-corrected chi connectivity index (χ0v) is 10.7. The second kappa shape index (κ2) is 6.49. The third kappa shape index (κ3) is 4.39. The van der Waals surface area contributed by atoms with Gasteiger partial charge in [-0.2, -0.15) is 0 Å². The number of amides is 1. The van der Waals surface area contributed by atoms with Gasteiger partial charge in [-0.1, -0.05) is 17.7 Å². The van der Waals surface area contributed by atoms with E-state index in [0.29, 0.717) is 18.0 Å². The van der Waals surface area contributed by atoms with Gasteiger partial charge >= 0.3 is 0 Å². The Morgan fingerprint density at radius 1 is 1.26 bits per heavy atom. The maximum Gasteiger partial charge on any atom is 0.258 e. The second-order valence-electron chi connectivity index (χ2n) is 4.08. The lowest BCUT2D eigenvalue weighted by molar-refractivity contribution is -0.123. The van der Waals surface area contributed by atoms with E-state index in [0.717, 1.165) is 5.56 Å². The summed E-state index contributed by atoms with van der Waals surface area (Å²) in [5.74, 6) is 0.492. The molecule has 5 nitrogen and oxygen atoms in total. The number of hydrogen-bond donors (Lipinski definition) is 1. The van der Waals surface area contributed by atoms with Crippen LogP contribution in [0.1, 0.15) is 11.3 Å². The average Bonchev–Trinajstić information content (AvgIpc) is 2.45. The SMILES string of the molecule is Cc1ccc(OCC(=O)NCc2cnccn2)cc1. The van der Waals surface area contributed by atoms with Gasteiger partial charge in [-0.3, -0.25) is 14.8 Å². The number of benzene rings is 1. The van der Waals surface area contributed by atoms with Crippen LogP contribution in [0.4, 0.5) is 0 Å². The molecule has 0 radical (unpaired) electrons. The summed E-state index contributed by atoms with van der Waals surface area (Å²) >= 11 is 0. The molecule has 0 aliphatic carbocycles. The zero-order valence-electron chi connectivity index (χ0n) is 10.7. The van der Waals surface area contributed by atoms with Crippen molar-refractivity contribution in [3.05, 3.63) is 54.1 Å². The lowest BCUT2D eigenvalue weighted by atomic mass is 10.2. The Labute approximate surface area is 111 Å². The van der Waals surface area contributed by atoms with Crippen LogP contribution in [0.3, 0.4) is 0 Å². The lowest BCUT2D eigenvalue weighted by Crippen LogP contribution is -2.28. The molecule has 1 amide bonds. The van der Waals surface area contributed by atoms with Crippen LogP contribution in [0, 0.1) is 6.92 Å². The van der Waals surface area contributed by atoms with Crippen LogP contribution in [0.15, 0.2) is 42.9 Å². The van der Waals surface area contributed by atoms with E-state index in [4.69, 9.17) is 4.74 Å².